The zero-order chi connectivity index (χ0) is 13.7. The van der Waals surface area contributed by atoms with E-state index in [1.807, 2.05) is 11.8 Å². The molecule has 2 heterocycles. The summed E-state index contributed by atoms with van der Waals surface area (Å²) in [5, 5.41) is 0. The zero-order valence-corrected chi connectivity index (χ0v) is 12.4. The Balaban J connectivity index is 1.61. The van der Waals surface area contributed by atoms with Gasteiger partial charge in [-0.25, -0.2) is 0 Å². The predicted molar refractivity (Wildman–Crippen MR) is 76.0 cm³/mol. The molecule has 0 unspecified atom stereocenters. The molecule has 2 aliphatic heterocycles. The number of ether oxygens (including phenoxy) is 1. The van der Waals surface area contributed by atoms with Gasteiger partial charge in [0.05, 0.1) is 13.2 Å². The van der Waals surface area contributed by atoms with Gasteiger partial charge >= 0.3 is 0 Å². The van der Waals surface area contributed by atoms with Crippen molar-refractivity contribution >= 4 is 5.91 Å². The Morgan fingerprint density at radius 2 is 1.84 bits per heavy atom. The van der Waals surface area contributed by atoms with Crippen LogP contribution in [0.1, 0.15) is 33.1 Å². The van der Waals surface area contributed by atoms with Gasteiger partial charge in [0, 0.05) is 25.6 Å². The van der Waals surface area contributed by atoms with Crippen LogP contribution >= 0.6 is 0 Å². The number of amides is 1. The van der Waals surface area contributed by atoms with Crippen LogP contribution in [0.25, 0.3) is 0 Å². The number of rotatable bonds is 6. The Morgan fingerprint density at radius 1 is 1.16 bits per heavy atom. The van der Waals surface area contributed by atoms with E-state index in [9.17, 15) is 4.79 Å². The van der Waals surface area contributed by atoms with Crippen LogP contribution in [0.4, 0.5) is 0 Å². The van der Waals surface area contributed by atoms with Crippen molar-refractivity contribution < 1.29 is 9.53 Å². The summed E-state index contributed by atoms with van der Waals surface area (Å²) in [6.45, 7) is 10.5. The van der Waals surface area contributed by atoms with Crippen molar-refractivity contribution in [2.45, 2.75) is 33.1 Å². The number of hydrogen-bond donors (Lipinski definition) is 0. The van der Waals surface area contributed by atoms with E-state index in [1.54, 1.807) is 0 Å². The van der Waals surface area contributed by atoms with Crippen molar-refractivity contribution in [2.24, 2.45) is 11.8 Å². The smallest absolute Gasteiger partial charge is 0.236 e. The maximum atomic E-state index is 12.1. The second-order valence-electron chi connectivity index (χ2n) is 5.95. The summed E-state index contributed by atoms with van der Waals surface area (Å²) in [5.41, 5.74) is 0. The first kappa shape index (κ1) is 14.8. The molecule has 4 heteroatoms. The van der Waals surface area contributed by atoms with E-state index in [0.717, 1.165) is 45.3 Å². The summed E-state index contributed by atoms with van der Waals surface area (Å²) in [5.74, 6) is 1.75. The van der Waals surface area contributed by atoms with Gasteiger partial charge in [-0.3, -0.25) is 9.69 Å². The molecule has 19 heavy (non-hydrogen) atoms. The van der Waals surface area contributed by atoms with E-state index in [0.29, 0.717) is 18.4 Å². The first-order chi connectivity index (χ1) is 9.22. The molecular formula is C15H28N2O2. The average Bonchev–Trinajstić information content (AvgIpc) is 2.38. The van der Waals surface area contributed by atoms with Gasteiger partial charge < -0.3 is 9.64 Å². The molecule has 0 aromatic rings. The third-order valence-corrected chi connectivity index (χ3v) is 4.51. The molecule has 2 rings (SSSR count). The fourth-order valence-electron chi connectivity index (χ4n) is 3.01. The predicted octanol–water partition coefficient (Wildman–Crippen LogP) is 1.60. The number of nitrogens with zero attached hydrogens (tertiary/aromatic N) is 2. The molecule has 0 N–H and O–H groups in total. The summed E-state index contributed by atoms with van der Waals surface area (Å²) in [7, 11) is 0. The highest BCUT2D eigenvalue weighted by Crippen LogP contribution is 2.21. The average molecular weight is 268 g/mol. The third-order valence-electron chi connectivity index (χ3n) is 4.51. The van der Waals surface area contributed by atoms with Crippen molar-refractivity contribution in [1.29, 1.82) is 0 Å². The molecular weight excluding hydrogens is 240 g/mol. The van der Waals surface area contributed by atoms with Gasteiger partial charge in [0.2, 0.25) is 5.91 Å². The minimum atomic E-state index is 0.308. The standard InChI is InChI=1S/C15H28N2O2/c1-3-13-5-7-16(8-6-13)11-15(18)17-9-14(10-17)12-19-4-2/h13-14H,3-12H2,1-2H3. The van der Waals surface area contributed by atoms with Crippen LogP contribution in [-0.2, 0) is 9.53 Å². The van der Waals surface area contributed by atoms with Crippen LogP contribution in [0.2, 0.25) is 0 Å². The van der Waals surface area contributed by atoms with Crippen LogP contribution in [0, 0.1) is 11.8 Å². The Kier molecular flexibility index (Phi) is 5.64. The Bertz CT molecular complexity index is 282. The Hall–Kier alpha value is -0.610. The van der Waals surface area contributed by atoms with Crippen molar-refractivity contribution in [1.82, 2.24) is 9.80 Å². The van der Waals surface area contributed by atoms with Crippen LogP contribution in [0.15, 0.2) is 0 Å². The molecule has 0 aliphatic carbocycles. The first-order valence-corrected chi connectivity index (χ1v) is 7.80. The maximum Gasteiger partial charge on any atom is 0.236 e. The lowest BCUT2D eigenvalue weighted by Crippen LogP contribution is -2.54. The highest BCUT2D eigenvalue weighted by atomic mass is 16.5. The van der Waals surface area contributed by atoms with Gasteiger partial charge in [0.15, 0.2) is 0 Å². The second kappa shape index (κ2) is 7.25. The van der Waals surface area contributed by atoms with Crippen molar-refractivity contribution in [3.05, 3.63) is 0 Å². The summed E-state index contributed by atoms with van der Waals surface area (Å²) >= 11 is 0. The molecule has 110 valence electrons. The van der Waals surface area contributed by atoms with Crippen molar-refractivity contribution in [2.75, 3.05) is 45.9 Å². The van der Waals surface area contributed by atoms with E-state index in [1.165, 1.54) is 19.3 Å². The number of carbonyl (C=O) groups is 1. The molecule has 0 bridgehead atoms. The van der Waals surface area contributed by atoms with E-state index >= 15 is 0 Å². The van der Waals surface area contributed by atoms with Crippen LogP contribution < -0.4 is 0 Å². The summed E-state index contributed by atoms with van der Waals surface area (Å²) < 4.78 is 5.39. The van der Waals surface area contributed by atoms with Gasteiger partial charge in [-0.05, 0) is 38.8 Å². The Labute approximate surface area is 117 Å². The fraction of sp³-hybridized carbons (Fsp3) is 0.933. The lowest BCUT2D eigenvalue weighted by molar-refractivity contribution is -0.140. The van der Waals surface area contributed by atoms with Crippen LogP contribution in [0.3, 0.4) is 0 Å². The van der Waals surface area contributed by atoms with E-state index in [-0.39, 0.29) is 0 Å². The normalized spacial score (nSPS) is 22.5. The van der Waals surface area contributed by atoms with Gasteiger partial charge in [0.1, 0.15) is 0 Å². The molecule has 0 spiro atoms. The largest absolute Gasteiger partial charge is 0.381 e. The molecule has 2 saturated heterocycles. The van der Waals surface area contributed by atoms with Crippen LogP contribution in [0.5, 0.6) is 0 Å². The summed E-state index contributed by atoms with van der Waals surface area (Å²) in [6.07, 6.45) is 3.81. The van der Waals surface area contributed by atoms with Gasteiger partial charge in [-0.15, -0.1) is 0 Å². The Morgan fingerprint density at radius 3 is 2.42 bits per heavy atom. The topological polar surface area (TPSA) is 32.8 Å². The molecule has 4 nitrogen and oxygen atoms in total. The second-order valence-corrected chi connectivity index (χ2v) is 5.95. The number of carbonyl (C=O) groups excluding carboxylic acids is 1. The molecule has 0 radical (unpaired) electrons. The van der Waals surface area contributed by atoms with Crippen molar-refractivity contribution in [3.8, 4) is 0 Å². The number of piperidine rings is 1. The monoisotopic (exact) mass is 268 g/mol. The van der Waals surface area contributed by atoms with E-state index < -0.39 is 0 Å². The third kappa shape index (κ3) is 4.18. The SMILES string of the molecule is CCOCC1CN(C(=O)CN2CCC(CC)CC2)C1. The maximum absolute atomic E-state index is 12.1. The molecule has 1 amide bonds. The minimum Gasteiger partial charge on any atom is -0.381 e. The quantitative estimate of drug-likeness (QED) is 0.733. The molecule has 2 aliphatic rings. The number of hydrogen-bond acceptors (Lipinski definition) is 3. The first-order valence-electron chi connectivity index (χ1n) is 7.80. The lowest BCUT2D eigenvalue weighted by atomic mass is 9.94. The molecule has 2 fully saturated rings. The minimum absolute atomic E-state index is 0.308. The summed E-state index contributed by atoms with van der Waals surface area (Å²) in [4.78, 5) is 16.4. The highest BCUT2D eigenvalue weighted by Gasteiger charge is 2.31. The molecule has 0 aromatic heterocycles. The zero-order valence-electron chi connectivity index (χ0n) is 12.4. The summed E-state index contributed by atoms with van der Waals surface area (Å²) in [6, 6.07) is 0. The molecule has 0 saturated carbocycles. The number of likely N-dealkylation sites (tertiary alicyclic amines) is 2. The van der Waals surface area contributed by atoms with Crippen molar-refractivity contribution in [3.63, 3.8) is 0 Å². The van der Waals surface area contributed by atoms with Gasteiger partial charge in [0.25, 0.3) is 0 Å². The highest BCUT2D eigenvalue weighted by molar-refractivity contribution is 5.79. The molecule has 0 aromatic carbocycles. The van der Waals surface area contributed by atoms with E-state index in [2.05, 4.69) is 11.8 Å². The molecule has 0 atom stereocenters. The van der Waals surface area contributed by atoms with Crippen LogP contribution in [-0.4, -0.2) is 61.6 Å². The fourth-order valence-corrected chi connectivity index (χ4v) is 3.01. The lowest BCUT2D eigenvalue weighted by Gasteiger charge is -2.40. The van der Waals surface area contributed by atoms with E-state index in [4.69, 9.17) is 4.74 Å². The van der Waals surface area contributed by atoms with Gasteiger partial charge in [-0.2, -0.15) is 0 Å². The van der Waals surface area contributed by atoms with Gasteiger partial charge in [-0.1, -0.05) is 13.3 Å².